The molecule has 52 valence electrons. The van der Waals surface area contributed by atoms with Crippen LogP contribution < -0.4 is 0 Å². The third-order valence-electron chi connectivity index (χ3n) is 0.856. The first-order valence-corrected chi connectivity index (χ1v) is 3.40. The van der Waals surface area contributed by atoms with E-state index in [9.17, 15) is 8.76 Å². The van der Waals surface area contributed by atoms with Gasteiger partial charge in [0.2, 0.25) is 5.76 Å². The molecule has 0 amide bonds. The number of rotatable bonds is 1. The quantitative estimate of drug-likeness (QED) is 0.551. The van der Waals surface area contributed by atoms with Crippen molar-refractivity contribution in [1.29, 1.82) is 5.26 Å². The van der Waals surface area contributed by atoms with Crippen molar-refractivity contribution in [2.75, 3.05) is 0 Å². The minimum Gasteiger partial charge on any atom is -0.766 e. The molecule has 0 radical (unpaired) electrons. The Morgan fingerprint density at radius 3 is 2.70 bits per heavy atom. The number of nitriles is 1. The van der Waals surface area contributed by atoms with Crippen molar-refractivity contribution < 1.29 is 13.2 Å². The summed E-state index contributed by atoms with van der Waals surface area (Å²) in [7, 11) is 0. The van der Waals surface area contributed by atoms with Crippen molar-refractivity contribution in [2.24, 2.45) is 0 Å². The van der Waals surface area contributed by atoms with E-state index in [2.05, 4.69) is 4.42 Å². The summed E-state index contributed by atoms with van der Waals surface area (Å²) in [5.74, 6) is -0.000741. The van der Waals surface area contributed by atoms with Crippen LogP contribution >= 0.6 is 0 Å². The molecule has 1 rings (SSSR count). The fourth-order valence-corrected chi connectivity index (χ4v) is 0.807. The molecule has 0 aromatic carbocycles. The lowest BCUT2D eigenvalue weighted by atomic mass is 10.5. The topological polar surface area (TPSA) is 77.1 Å². The molecule has 0 spiro atoms. The summed E-state index contributed by atoms with van der Waals surface area (Å²) in [6.45, 7) is 0. The van der Waals surface area contributed by atoms with Crippen LogP contribution in [0, 0.1) is 11.3 Å². The lowest BCUT2D eigenvalue weighted by Gasteiger charge is -1.96. The largest absolute Gasteiger partial charge is 0.766 e. The Kier molecular flexibility index (Phi) is 1.85. The zero-order valence-corrected chi connectivity index (χ0v) is 5.55. The van der Waals surface area contributed by atoms with E-state index in [1.54, 1.807) is 6.07 Å². The zero-order valence-electron chi connectivity index (χ0n) is 4.73. The monoisotopic (exact) mass is 156 g/mol. The van der Waals surface area contributed by atoms with E-state index in [0.29, 0.717) is 0 Å². The fraction of sp³-hybridized carbons (Fsp3) is 0. The molecule has 0 bridgehead atoms. The molecule has 1 atom stereocenters. The summed E-state index contributed by atoms with van der Waals surface area (Å²) in [5.41, 5.74) is 0. The van der Waals surface area contributed by atoms with Crippen LogP contribution in [0.25, 0.3) is 0 Å². The number of furan rings is 1. The second-order valence-electron chi connectivity index (χ2n) is 1.47. The number of hydrogen-bond donors (Lipinski definition) is 0. The molecular formula is C5H2NO3S-. The molecule has 0 saturated carbocycles. The molecule has 1 heterocycles. The van der Waals surface area contributed by atoms with Gasteiger partial charge in [-0.05, 0) is 12.1 Å². The first kappa shape index (κ1) is 6.99. The van der Waals surface area contributed by atoms with Gasteiger partial charge in [0.05, 0.1) is 0 Å². The van der Waals surface area contributed by atoms with Gasteiger partial charge in [-0.1, -0.05) is 0 Å². The van der Waals surface area contributed by atoms with Crippen LogP contribution in [0.1, 0.15) is 5.76 Å². The Balaban J connectivity index is 3.02. The van der Waals surface area contributed by atoms with Gasteiger partial charge in [-0.3, -0.25) is 4.21 Å². The average Bonchev–Trinajstić information content (AvgIpc) is 2.34. The third-order valence-corrected chi connectivity index (χ3v) is 1.40. The molecule has 0 saturated heterocycles. The molecule has 0 N–H and O–H groups in total. The highest BCUT2D eigenvalue weighted by atomic mass is 32.2. The highest BCUT2D eigenvalue weighted by Crippen LogP contribution is 2.08. The van der Waals surface area contributed by atoms with E-state index in [1.165, 1.54) is 12.1 Å². The van der Waals surface area contributed by atoms with E-state index in [-0.39, 0.29) is 10.9 Å². The van der Waals surface area contributed by atoms with Crippen LogP contribution in [0.5, 0.6) is 0 Å². The van der Waals surface area contributed by atoms with E-state index in [0.717, 1.165) is 0 Å². The molecule has 0 aliphatic heterocycles. The molecule has 1 aromatic rings. The molecule has 4 nitrogen and oxygen atoms in total. The van der Waals surface area contributed by atoms with E-state index in [4.69, 9.17) is 5.26 Å². The van der Waals surface area contributed by atoms with Crippen molar-refractivity contribution in [3.63, 3.8) is 0 Å². The van der Waals surface area contributed by atoms with Crippen LogP contribution in [-0.4, -0.2) is 8.76 Å². The highest BCUT2D eigenvalue weighted by Gasteiger charge is 1.98. The van der Waals surface area contributed by atoms with Gasteiger partial charge in [0.15, 0.2) is 5.09 Å². The standard InChI is InChI=1S/C5H3NO3S/c6-3-4-1-2-5(9-4)10(7)8/h1-2H,(H,7,8)/p-1. The lowest BCUT2D eigenvalue weighted by molar-refractivity contribution is 0.427. The summed E-state index contributed by atoms with van der Waals surface area (Å²) in [5, 5.41) is 7.98. The van der Waals surface area contributed by atoms with E-state index in [1.807, 2.05) is 0 Å². The first-order valence-electron chi connectivity index (χ1n) is 2.33. The molecular weight excluding hydrogens is 154 g/mol. The van der Waals surface area contributed by atoms with Crippen molar-refractivity contribution in [1.82, 2.24) is 0 Å². The van der Waals surface area contributed by atoms with Crippen molar-refractivity contribution in [3.8, 4) is 6.07 Å². The van der Waals surface area contributed by atoms with Crippen molar-refractivity contribution in [2.45, 2.75) is 5.09 Å². The minimum absolute atomic E-state index is 0.000741. The maximum absolute atomic E-state index is 10.1. The fourth-order valence-electron chi connectivity index (χ4n) is 0.470. The SMILES string of the molecule is N#Cc1ccc(S(=O)[O-])o1. The summed E-state index contributed by atoms with van der Waals surface area (Å²) < 4.78 is 24.8. The van der Waals surface area contributed by atoms with Crippen molar-refractivity contribution >= 4 is 11.1 Å². The Morgan fingerprint density at radius 2 is 2.40 bits per heavy atom. The molecule has 10 heavy (non-hydrogen) atoms. The minimum atomic E-state index is -2.38. The summed E-state index contributed by atoms with van der Waals surface area (Å²) >= 11 is -2.38. The van der Waals surface area contributed by atoms with Crippen LogP contribution in [0.3, 0.4) is 0 Å². The average molecular weight is 156 g/mol. The van der Waals surface area contributed by atoms with Crippen LogP contribution in [-0.2, 0) is 11.1 Å². The van der Waals surface area contributed by atoms with Crippen LogP contribution in [0.4, 0.5) is 0 Å². The maximum atomic E-state index is 10.1. The Labute approximate surface area is 59.4 Å². The van der Waals surface area contributed by atoms with Gasteiger partial charge in [-0.25, -0.2) is 0 Å². The van der Waals surface area contributed by atoms with Gasteiger partial charge in [0.25, 0.3) is 0 Å². The summed E-state index contributed by atoms with van der Waals surface area (Å²) in [6.07, 6.45) is 0. The molecule has 0 fully saturated rings. The smallest absolute Gasteiger partial charge is 0.205 e. The Hall–Kier alpha value is -1.12. The summed E-state index contributed by atoms with van der Waals surface area (Å²) in [4.78, 5) is 0. The predicted molar refractivity (Wildman–Crippen MR) is 30.6 cm³/mol. The summed E-state index contributed by atoms with van der Waals surface area (Å²) in [6, 6.07) is 4.18. The molecule has 1 unspecified atom stereocenters. The lowest BCUT2D eigenvalue weighted by Crippen LogP contribution is -1.82. The normalized spacial score (nSPS) is 12.4. The van der Waals surface area contributed by atoms with Gasteiger partial charge in [-0.15, -0.1) is 0 Å². The van der Waals surface area contributed by atoms with Crippen molar-refractivity contribution in [3.05, 3.63) is 17.9 Å². The molecule has 0 aliphatic carbocycles. The second kappa shape index (κ2) is 2.64. The van der Waals surface area contributed by atoms with Gasteiger partial charge < -0.3 is 8.97 Å². The predicted octanol–water partition coefficient (Wildman–Crippen LogP) is 0.389. The van der Waals surface area contributed by atoms with Crippen LogP contribution in [0.2, 0.25) is 0 Å². The molecule has 1 aromatic heterocycles. The highest BCUT2D eigenvalue weighted by molar-refractivity contribution is 7.79. The first-order chi connectivity index (χ1) is 4.74. The van der Waals surface area contributed by atoms with Gasteiger partial charge in [-0.2, -0.15) is 5.26 Å². The third kappa shape index (κ3) is 1.23. The van der Waals surface area contributed by atoms with Crippen LogP contribution in [0.15, 0.2) is 21.6 Å². The van der Waals surface area contributed by atoms with Gasteiger partial charge in [0.1, 0.15) is 6.07 Å². The Bertz CT molecular complexity index is 298. The maximum Gasteiger partial charge on any atom is 0.205 e. The van der Waals surface area contributed by atoms with Gasteiger partial charge >= 0.3 is 0 Å². The zero-order chi connectivity index (χ0) is 7.56. The molecule has 0 aliphatic rings. The molecule has 5 heteroatoms. The number of nitrogens with zero attached hydrogens (tertiary/aromatic N) is 1. The van der Waals surface area contributed by atoms with Gasteiger partial charge in [0, 0.05) is 11.1 Å². The Morgan fingerprint density at radius 1 is 1.70 bits per heavy atom. The second-order valence-corrected chi connectivity index (χ2v) is 2.34. The van der Waals surface area contributed by atoms with E-state index < -0.39 is 11.1 Å². The number of hydrogen-bond acceptors (Lipinski definition) is 4. The van der Waals surface area contributed by atoms with E-state index >= 15 is 0 Å².